The summed E-state index contributed by atoms with van der Waals surface area (Å²) in [6.45, 7) is 2.46. The van der Waals surface area contributed by atoms with Gasteiger partial charge < -0.3 is 5.11 Å². The molecule has 21 heavy (non-hydrogen) atoms. The van der Waals surface area contributed by atoms with Crippen LogP contribution in [0.3, 0.4) is 0 Å². The Morgan fingerprint density at radius 2 is 1.86 bits per heavy atom. The van der Waals surface area contributed by atoms with Crippen molar-refractivity contribution in [2.75, 3.05) is 0 Å². The van der Waals surface area contributed by atoms with Gasteiger partial charge in [-0.1, -0.05) is 36.7 Å². The predicted octanol–water partition coefficient (Wildman–Crippen LogP) is 4.85. The van der Waals surface area contributed by atoms with Crippen LogP contribution >= 0.6 is 11.6 Å². The number of hydrogen-bond acceptors (Lipinski definition) is 1. The van der Waals surface area contributed by atoms with E-state index in [1.807, 2.05) is 18.2 Å². The zero-order chi connectivity index (χ0) is 14.7. The summed E-state index contributed by atoms with van der Waals surface area (Å²) in [5.74, 6) is 1.72. The molecule has 0 heterocycles. The molecule has 0 aromatic heterocycles. The van der Waals surface area contributed by atoms with E-state index in [2.05, 4.69) is 13.0 Å². The lowest BCUT2D eigenvalue weighted by molar-refractivity contribution is -0.152. The topological polar surface area (TPSA) is 20.2 Å². The highest BCUT2D eigenvalue weighted by atomic mass is 35.5. The molecule has 3 unspecified atom stereocenters. The lowest BCUT2D eigenvalue weighted by atomic mass is 9.43. The van der Waals surface area contributed by atoms with Crippen LogP contribution in [0, 0.1) is 22.7 Å². The normalized spacial score (nSPS) is 42.2. The molecule has 0 radical (unpaired) electrons. The van der Waals surface area contributed by atoms with Crippen LogP contribution in [0.1, 0.15) is 51.0 Å². The molecule has 4 aliphatic rings. The first-order chi connectivity index (χ1) is 9.98. The van der Waals surface area contributed by atoms with Gasteiger partial charge in [-0.3, -0.25) is 0 Å². The second-order valence-corrected chi connectivity index (χ2v) is 8.85. The Balaban J connectivity index is 1.59. The summed E-state index contributed by atoms with van der Waals surface area (Å²) in [7, 11) is 0. The van der Waals surface area contributed by atoms with Crippen LogP contribution < -0.4 is 0 Å². The fourth-order valence-electron chi connectivity index (χ4n) is 6.28. The van der Waals surface area contributed by atoms with E-state index in [1.54, 1.807) is 0 Å². The van der Waals surface area contributed by atoms with Crippen LogP contribution in [-0.4, -0.2) is 11.2 Å². The number of aliphatic hydroxyl groups excluding tert-OH is 1. The molecule has 0 saturated heterocycles. The Bertz CT molecular complexity index is 538. The fourth-order valence-corrected chi connectivity index (χ4v) is 6.49. The monoisotopic (exact) mass is 304 g/mol. The van der Waals surface area contributed by atoms with E-state index in [0.717, 1.165) is 28.8 Å². The van der Waals surface area contributed by atoms with Crippen LogP contribution in [0.15, 0.2) is 24.3 Å². The minimum atomic E-state index is -0.234. The molecule has 1 N–H and O–H groups in total. The first-order valence-corrected chi connectivity index (χ1v) is 8.77. The second-order valence-electron chi connectivity index (χ2n) is 8.45. The molecule has 114 valence electrons. The van der Waals surface area contributed by atoms with E-state index in [1.165, 1.54) is 38.5 Å². The predicted molar refractivity (Wildman–Crippen MR) is 86.4 cm³/mol. The molecule has 4 fully saturated rings. The third-order valence-electron chi connectivity index (χ3n) is 6.48. The van der Waals surface area contributed by atoms with E-state index < -0.39 is 0 Å². The average molecular weight is 305 g/mol. The maximum Gasteiger partial charge on any atom is 0.0637 e. The Hall–Kier alpha value is -0.530. The molecule has 1 aromatic carbocycles. The van der Waals surface area contributed by atoms with Crippen molar-refractivity contribution in [3.8, 4) is 0 Å². The van der Waals surface area contributed by atoms with E-state index in [0.29, 0.717) is 5.41 Å². The number of aliphatic hydroxyl groups is 1. The molecular formula is C19H25ClO. The van der Waals surface area contributed by atoms with Crippen molar-refractivity contribution in [1.29, 1.82) is 0 Å². The third kappa shape index (κ3) is 2.33. The van der Waals surface area contributed by atoms with Gasteiger partial charge in [0.15, 0.2) is 0 Å². The van der Waals surface area contributed by atoms with Gasteiger partial charge in [0.05, 0.1) is 6.10 Å². The van der Waals surface area contributed by atoms with E-state index in [4.69, 9.17) is 11.6 Å². The summed E-state index contributed by atoms with van der Waals surface area (Å²) in [5, 5.41) is 11.8. The Morgan fingerprint density at radius 1 is 1.19 bits per heavy atom. The van der Waals surface area contributed by atoms with Crippen LogP contribution in [-0.2, 0) is 6.42 Å². The Labute approximate surface area is 132 Å². The van der Waals surface area contributed by atoms with Gasteiger partial charge in [0.25, 0.3) is 0 Å². The Morgan fingerprint density at radius 3 is 2.48 bits per heavy atom. The minimum absolute atomic E-state index is 0.165. The zero-order valence-corrected chi connectivity index (χ0v) is 13.6. The average Bonchev–Trinajstić information content (AvgIpc) is 2.38. The Kier molecular flexibility index (Phi) is 3.17. The van der Waals surface area contributed by atoms with Crippen molar-refractivity contribution in [3.05, 3.63) is 34.9 Å². The molecule has 4 saturated carbocycles. The van der Waals surface area contributed by atoms with Gasteiger partial charge in [-0.15, -0.1) is 0 Å². The van der Waals surface area contributed by atoms with Crippen molar-refractivity contribution >= 4 is 11.6 Å². The number of halogens is 1. The van der Waals surface area contributed by atoms with Gasteiger partial charge in [-0.2, -0.15) is 0 Å². The van der Waals surface area contributed by atoms with Gasteiger partial charge in [0.1, 0.15) is 0 Å². The van der Waals surface area contributed by atoms with Crippen molar-refractivity contribution < 1.29 is 5.11 Å². The lowest BCUT2D eigenvalue weighted by Crippen LogP contribution is -2.55. The largest absolute Gasteiger partial charge is 0.392 e. The molecule has 5 rings (SSSR count). The third-order valence-corrected chi connectivity index (χ3v) is 6.85. The summed E-state index contributed by atoms with van der Waals surface area (Å²) in [6.07, 6.45) is 8.38. The number of benzene rings is 1. The van der Waals surface area contributed by atoms with Gasteiger partial charge >= 0.3 is 0 Å². The number of rotatable bonds is 3. The molecule has 4 aliphatic carbocycles. The maximum atomic E-state index is 11.0. The van der Waals surface area contributed by atoms with Crippen molar-refractivity contribution in [2.24, 2.45) is 22.7 Å². The summed E-state index contributed by atoms with van der Waals surface area (Å²) >= 11 is 6.29. The highest BCUT2D eigenvalue weighted by Crippen LogP contribution is 2.66. The van der Waals surface area contributed by atoms with Crippen molar-refractivity contribution in [1.82, 2.24) is 0 Å². The van der Waals surface area contributed by atoms with Crippen LogP contribution in [0.2, 0.25) is 5.02 Å². The first kappa shape index (κ1) is 14.1. The molecule has 3 atom stereocenters. The van der Waals surface area contributed by atoms with Crippen molar-refractivity contribution in [2.45, 2.75) is 58.0 Å². The quantitative estimate of drug-likeness (QED) is 0.846. The molecule has 0 aliphatic heterocycles. The second kappa shape index (κ2) is 4.73. The van der Waals surface area contributed by atoms with E-state index >= 15 is 0 Å². The molecule has 0 amide bonds. The zero-order valence-electron chi connectivity index (χ0n) is 12.8. The minimum Gasteiger partial charge on any atom is -0.392 e. The van der Waals surface area contributed by atoms with Crippen LogP contribution in [0.5, 0.6) is 0 Å². The lowest BCUT2D eigenvalue weighted by Gasteiger charge is -2.62. The summed E-state index contributed by atoms with van der Waals surface area (Å²) in [5.41, 5.74) is 1.76. The standard InChI is InChI=1S/C19H25ClO/c1-18-8-13-6-14(9-18)11-19(10-13,12-18)17(21)7-15-4-2-3-5-16(15)20/h2-5,13-14,17,21H,6-12H2,1H3. The first-order valence-electron chi connectivity index (χ1n) is 8.40. The summed E-state index contributed by atoms with van der Waals surface area (Å²) < 4.78 is 0. The molecule has 2 heteroatoms. The molecule has 1 nitrogen and oxygen atoms in total. The van der Waals surface area contributed by atoms with Gasteiger partial charge in [-0.25, -0.2) is 0 Å². The van der Waals surface area contributed by atoms with Gasteiger partial charge in [0, 0.05) is 11.4 Å². The maximum absolute atomic E-state index is 11.0. The van der Waals surface area contributed by atoms with Crippen LogP contribution in [0.4, 0.5) is 0 Å². The molecular weight excluding hydrogens is 280 g/mol. The van der Waals surface area contributed by atoms with Crippen LogP contribution in [0.25, 0.3) is 0 Å². The molecule has 4 bridgehead atoms. The fraction of sp³-hybridized carbons (Fsp3) is 0.684. The van der Waals surface area contributed by atoms with Crippen molar-refractivity contribution in [3.63, 3.8) is 0 Å². The van der Waals surface area contributed by atoms with Gasteiger partial charge in [-0.05, 0) is 72.8 Å². The highest BCUT2D eigenvalue weighted by molar-refractivity contribution is 6.31. The van der Waals surface area contributed by atoms with E-state index in [9.17, 15) is 5.11 Å². The molecule has 0 spiro atoms. The molecule has 1 aromatic rings. The summed E-state index contributed by atoms with van der Waals surface area (Å²) in [4.78, 5) is 0. The summed E-state index contributed by atoms with van der Waals surface area (Å²) in [6, 6.07) is 7.98. The van der Waals surface area contributed by atoms with E-state index in [-0.39, 0.29) is 11.5 Å². The number of hydrogen-bond donors (Lipinski definition) is 1. The SMILES string of the molecule is CC12CC3CC(C1)CC(C(O)Cc1ccccc1Cl)(C3)C2. The van der Waals surface area contributed by atoms with Gasteiger partial charge in [0.2, 0.25) is 0 Å². The highest BCUT2D eigenvalue weighted by Gasteiger charge is 2.58. The smallest absolute Gasteiger partial charge is 0.0637 e.